The Morgan fingerprint density at radius 3 is 2.82 bits per heavy atom. The van der Waals surface area contributed by atoms with Crippen molar-refractivity contribution in [1.82, 2.24) is 14.5 Å². The molecule has 5 nitrogen and oxygen atoms in total. The number of piperidine rings is 1. The Morgan fingerprint density at radius 2 is 2.05 bits per heavy atom. The number of benzene rings is 1. The van der Waals surface area contributed by atoms with Crippen molar-refractivity contribution >= 4 is 11.0 Å². The molecule has 2 aromatic rings. The minimum atomic E-state index is -0.454. The van der Waals surface area contributed by atoms with Gasteiger partial charge in [-0.2, -0.15) is 0 Å². The van der Waals surface area contributed by atoms with E-state index in [0.717, 1.165) is 30.4 Å². The van der Waals surface area contributed by atoms with Gasteiger partial charge in [0.25, 0.3) is 0 Å². The highest BCUT2D eigenvalue weighted by Crippen LogP contribution is 2.19. The van der Waals surface area contributed by atoms with Gasteiger partial charge in [-0.3, -0.25) is 4.90 Å². The van der Waals surface area contributed by atoms with Crippen molar-refractivity contribution in [1.29, 1.82) is 0 Å². The fourth-order valence-corrected chi connectivity index (χ4v) is 3.24. The van der Waals surface area contributed by atoms with E-state index in [9.17, 15) is 10.2 Å². The molecule has 0 aliphatic carbocycles. The van der Waals surface area contributed by atoms with Crippen LogP contribution in [0.25, 0.3) is 11.0 Å². The molecule has 0 amide bonds. The highest BCUT2D eigenvalue weighted by Gasteiger charge is 2.20. The number of aliphatic hydroxyl groups is 2. The number of β-amino-alcohol motifs (C(OH)–C–C–N with tert-alkyl or cyclic N) is 2. The quantitative estimate of drug-likeness (QED) is 0.898. The van der Waals surface area contributed by atoms with Gasteiger partial charge in [0.1, 0.15) is 0 Å². The molecular formula is C17H25N3O2. The van der Waals surface area contributed by atoms with E-state index in [-0.39, 0.29) is 6.10 Å². The molecule has 0 saturated carbocycles. The van der Waals surface area contributed by atoms with E-state index in [0.29, 0.717) is 19.6 Å². The SMILES string of the molecule is Cc1cc2ncn(C[C@@H](O)CN3CCC[C@@H](O)C3)c2cc1C. The van der Waals surface area contributed by atoms with Crippen LogP contribution in [-0.4, -0.2) is 56.5 Å². The van der Waals surface area contributed by atoms with Crippen LogP contribution in [-0.2, 0) is 6.54 Å². The summed E-state index contributed by atoms with van der Waals surface area (Å²) < 4.78 is 2.02. The minimum absolute atomic E-state index is 0.249. The third kappa shape index (κ3) is 3.32. The van der Waals surface area contributed by atoms with E-state index < -0.39 is 6.10 Å². The maximum Gasteiger partial charge on any atom is 0.0959 e. The van der Waals surface area contributed by atoms with E-state index in [1.54, 1.807) is 6.33 Å². The number of rotatable bonds is 4. The molecule has 1 aliphatic heterocycles. The zero-order valence-corrected chi connectivity index (χ0v) is 13.4. The van der Waals surface area contributed by atoms with Crippen LogP contribution in [0.3, 0.4) is 0 Å². The summed E-state index contributed by atoms with van der Waals surface area (Å²) in [6.07, 6.45) is 2.97. The first-order chi connectivity index (χ1) is 10.5. The lowest BCUT2D eigenvalue weighted by molar-refractivity contribution is 0.0352. The van der Waals surface area contributed by atoms with E-state index in [1.165, 1.54) is 11.1 Å². The molecule has 2 N–H and O–H groups in total. The Balaban J connectivity index is 1.68. The van der Waals surface area contributed by atoms with E-state index in [4.69, 9.17) is 0 Å². The van der Waals surface area contributed by atoms with Gasteiger partial charge >= 0.3 is 0 Å². The number of likely N-dealkylation sites (tertiary alicyclic amines) is 1. The number of imidazole rings is 1. The van der Waals surface area contributed by atoms with Gasteiger partial charge in [-0.05, 0) is 56.5 Å². The zero-order valence-electron chi connectivity index (χ0n) is 13.4. The summed E-state index contributed by atoms with van der Waals surface area (Å²) in [5.74, 6) is 0. The summed E-state index contributed by atoms with van der Waals surface area (Å²) in [5.41, 5.74) is 4.52. The summed E-state index contributed by atoms with van der Waals surface area (Å²) in [7, 11) is 0. The maximum atomic E-state index is 10.4. The van der Waals surface area contributed by atoms with Gasteiger partial charge < -0.3 is 14.8 Å². The molecule has 0 radical (unpaired) electrons. The van der Waals surface area contributed by atoms with Crippen LogP contribution >= 0.6 is 0 Å². The highest BCUT2D eigenvalue weighted by atomic mass is 16.3. The number of hydrogen-bond donors (Lipinski definition) is 2. The van der Waals surface area contributed by atoms with Crippen molar-refractivity contribution < 1.29 is 10.2 Å². The van der Waals surface area contributed by atoms with Crippen molar-refractivity contribution in [2.24, 2.45) is 0 Å². The van der Waals surface area contributed by atoms with Crippen molar-refractivity contribution in [2.75, 3.05) is 19.6 Å². The average Bonchev–Trinajstić information content (AvgIpc) is 2.81. The first kappa shape index (κ1) is 15.5. The Hall–Kier alpha value is -1.43. The fraction of sp³-hybridized carbons (Fsp3) is 0.588. The second-order valence-electron chi connectivity index (χ2n) is 6.53. The lowest BCUT2D eigenvalue weighted by Crippen LogP contribution is -2.43. The Labute approximate surface area is 131 Å². The van der Waals surface area contributed by atoms with Crippen LogP contribution in [0.1, 0.15) is 24.0 Å². The van der Waals surface area contributed by atoms with Crippen molar-refractivity contribution in [3.63, 3.8) is 0 Å². The maximum absolute atomic E-state index is 10.4. The molecule has 1 aromatic heterocycles. The fourth-order valence-electron chi connectivity index (χ4n) is 3.24. The van der Waals surface area contributed by atoms with Crippen molar-refractivity contribution in [3.8, 4) is 0 Å². The molecule has 0 unspecified atom stereocenters. The molecule has 2 heterocycles. The van der Waals surface area contributed by atoms with Crippen LogP contribution in [0.4, 0.5) is 0 Å². The number of hydrogen-bond acceptors (Lipinski definition) is 4. The molecule has 0 spiro atoms. The van der Waals surface area contributed by atoms with Crippen molar-refractivity contribution in [3.05, 3.63) is 29.6 Å². The Morgan fingerprint density at radius 1 is 1.27 bits per heavy atom. The molecule has 120 valence electrons. The van der Waals surface area contributed by atoms with Gasteiger partial charge in [0.05, 0.1) is 36.1 Å². The summed E-state index contributed by atoms with van der Waals surface area (Å²) in [5, 5.41) is 20.1. The molecule has 2 atom stereocenters. The molecular weight excluding hydrogens is 278 g/mol. The molecule has 0 bridgehead atoms. The van der Waals surface area contributed by atoms with Gasteiger partial charge in [0.2, 0.25) is 0 Å². The first-order valence-corrected chi connectivity index (χ1v) is 8.03. The van der Waals surface area contributed by atoms with Crippen LogP contribution in [0.15, 0.2) is 18.5 Å². The predicted octanol–water partition coefficient (Wildman–Crippen LogP) is 1.47. The summed E-state index contributed by atoms with van der Waals surface area (Å²) in [6.45, 7) is 6.94. The van der Waals surface area contributed by atoms with Gasteiger partial charge in [-0.25, -0.2) is 4.98 Å². The molecule has 3 rings (SSSR count). The average molecular weight is 303 g/mol. The normalized spacial score (nSPS) is 21.4. The number of aromatic nitrogens is 2. The molecule has 1 fully saturated rings. The predicted molar refractivity (Wildman–Crippen MR) is 86.9 cm³/mol. The lowest BCUT2D eigenvalue weighted by Gasteiger charge is -2.31. The molecule has 22 heavy (non-hydrogen) atoms. The molecule has 5 heteroatoms. The smallest absolute Gasteiger partial charge is 0.0959 e. The van der Waals surface area contributed by atoms with Crippen LogP contribution in [0, 0.1) is 13.8 Å². The van der Waals surface area contributed by atoms with Gasteiger partial charge in [0.15, 0.2) is 0 Å². The van der Waals surface area contributed by atoms with Gasteiger partial charge in [-0.15, -0.1) is 0 Å². The Kier molecular flexibility index (Phi) is 4.47. The molecule has 1 aliphatic rings. The highest BCUT2D eigenvalue weighted by molar-refractivity contribution is 5.77. The Bertz CT molecular complexity index is 653. The number of aryl methyl sites for hydroxylation is 2. The first-order valence-electron chi connectivity index (χ1n) is 8.03. The largest absolute Gasteiger partial charge is 0.392 e. The number of nitrogens with zero attached hydrogens (tertiary/aromatic N) is 3. The van der Waals surface area contributed by atoms with E-state index >= 15 is 0 Å². The van der Waals surface area contributed by atoms with Crippen LogP contribution < -0.4 is 0 Å². The van der Waals surface area contributed by atoms with E-state index in [1.807, 2.05) is 4.57 Å². The lowest BCUT2D eigenvalue weighted by atomic mass is 10.1. The monoisotopic (exact) mass is 303 g/mol. The molecule has 1 saturated heterocycles. The van der Waals surface area contributed by atoms with Gasteiger partial charge in [0, 0.05) is 13.1 Å². The second kappa shape index (κ2) is 6.36. The number of fused-ring (bicyclic) bond motifs is 1. The second-order valence-corrected chi connectivity index (χ2v) is 6.53. The third-order valence-corrected chi connectivity index (χ3v) is 4.59. The zero-order chi connectivity index (χ0) is 15.7. The van der Waals surface area contributed by atoms with Crippen molar-refractivity contribution in [2.45, 2.75) is 45.4 Å². The standard InChI is InChI=1S/C17H25N3O2/c1-12-6-16-17(7-13(12)2)20(11-18-16)10-15(22)9-19-5-3-4-14(21)8-19/h6-7,11,14-15,21-22H,3-5,8-10H2,1-2H3/t14-,15+/m1/s1. The van der Waals surface area contributed by atoms with E-state index in [2.05, 4.69) is 35.9 Å². The third-order valence-electron chi connectivity index (χ3n) is 4.59. The van der Waals surface area contributed by atoms with Crippen LogP contribution in [0.2, 0.25) is 0 Å². The van der Waals surface area contributed by atoms with Gasteiger partial charge in [-0.1, -0.05) is 0 Å². The molecule has 1 aromatic carbocycles. The summed E-state index contributed by atoms with van der Waals surface area (Å²) in [4.78, 5) is 6.58. The summed E-state index contributed by atoms with van der Waals surface area (Å²) >= 11 is 0. The summed E-state index contributed by atoms with van der Waals surface area (Å²) in [6, 6.07) is 4.23. The number of aliphatic hydroxyl groups excluding tert-OH is 2. The van der Waals surface area contributed by atoms with Crippen LogP contribution in [0.5, 0.6) is 0 Å². The minimum Gasteiger partial charge on any atom is -0.392 e. The topological polar surface area (TPSA) is 61.5 Å².